The van der Waals surface area contributed by atoms with Crippen LogP contribution in [0, 0.1) is 0 Å². The van der Waals surface area contributed by atoms with Gasteiger partial charge < -0.3 is 40.0 Å². The van der Waals surface area contributed by atoms with E-state index in [-0.39, 0.29) is 42.8 Å². The molecule has 0 aromatic heterocycles. The van der Waals surface area contributed by atoms with Gasteiger partial charge in [0.15, 0.2) is 11.5 Å². The molecule has 322 valence electrons. The van der Waals surface area contributed by atoms with Gasteiger partial charge in [0.2, 0.25) is 5.91 Å². The molecule has 61 heavy (non-hydrogen) atoms. The van der Waals surface area contributed by atoms with Crippen LogP contribution < -0.4 is 14.8 Å². The highest BCUT2D eigenvalue weighted by Crippen LogP contribution is 2.41. The molecule has 0 heterocycles. The number of phenols is 2. The monoisotopic (exact) mass is 1090 g/mol. The van der Waals surface area contributed by atoms with Gasteiger partial charge in [0, 0.05) is 11.1 Å². The number of phenolic OH excluding ortho intramolecular Hbond substituents is 2. The molecule has 0 spiro atoms. The third-order valence-corrected chi connectivity index (χ3v) is 11.1. The minimum Gasteiger partial charge on any atom is -0.508 e. The van der Waals surface area contributed by atoms with Gasteiger partial charge in [0.1, 0.15) is 35.6 Å². The molecular formula is C45H43Br4NO11. The van der Waals surface area contributed by atoms with Crippen LogP contribution in [0.15, 0.2) is 109 Å². The molecule has 0 saturated carbocycles. The molecule has 0 bridgehead atoms. The first-order valence-corrected chi connectivity index (χ1v) is 21.9. The van der Waals surface area contributed by atoms with Gasteiger partial charge >= 0.3 is 17.9 Å². The summed E-state index contributed by atoms with van der Waals surface area (Å²) < 4.78 is 19.6. The second-order valence-corrected chi connectivity index (χ2v) is 17.7. The fraction of sp³-hybridized carbons (Fsp3) is 0.244. The topological polar surface area (TPSA) is 189 Å². The molecular weight excluding hydrogens is 1050 g/mol. The lowest BCUT2D eigenvalue weighted by Gasteiger charge is -2.17. The van der Waals surface area contributed by atoms with E-state index in [1.807, 2.05) is 33.8 Å². The number of carboxylic acid groups (broad SMARTS) is 2. The standard InChI is InChI=1S/C28H27Br2NO7.C17H16Br2O4/c1-16(2)20-13-19(8-9-24(20)32)38-27-21(29)10-18(11-22(27)30)12-25(33)31-23(14-26(34)35)28(36)37-15-17-6-4-3-5-7-17;1-9(2)12-8-11(3-4-15(12)20)23-17-13(18)5-10(6-14(17)19)7-16(21)22/h3-11,13,16,23,32H,12,14-15H2,1-2H3,(H,31,33)(H,34,35);3-6,8-9,20H,7H2,1-2H3,(H,21,22)/t23-;/m0./s1. The first-order valence-electron chi connectivity index (χ1n) is 18.7. The average Bonchev–Trinajstić information content (AvgIpc) is 3.17. The number of hydrogen-bond acceptors (Lipinski definition) is 9. The minimum atomic E-state index is -1.33. The molecule has 0 aliphatic carbocycles. The summed E-state index contributed by atoms with van der Waals surface area (Å²) in [6.07, 6.45) is -0.783. The van der Waals surface area contributed by atoms with Crippen molar-refractivity contribution in [3.63, 3.8) is 0 Å². The van der Waals surface area contributed by atoms with E-state index in [1.165, 1.54) is 0 Å². The van der Waals surface area contributed by atoms with Gasteiger partial charge in [-0.1, -0.05) is 58.0 Å². The molecule has 16 heteroatoms. The number of rotatable bonds is 16. The quantitative estimate of drug-likeness (QED) is 0.0592. The number of benzene rings is 5. The number of nitrogens with one attached hydrogen (secondary N) is 1. The highest BCUT2D eigenvalue weighted by Gasteiger charge is 2.26. The van der Waals surface area contributed by atoms with Crippen molar-refractivity contribution in [1.29, 1.82) is 0 Å². The number of halogens is 4. The predicted octanol–water partition coefficient (Wildman–Crippen LogP) is 11.5. The van der Waals surface area contributed by atoms with Gasteiger partial charge in [-0.15, -0.1) is 0 Å². The summed E-state index contributed by atoms with van der Waals surface area (Å²) in [4.78, 5) is 47.3. The highest BCUT2D eigenvalue weighted by molar-refractivity contribution is 9.11. The van der Waals surface area contributed by atoms with Crippen molar-refractivity contribution < 1.29 is 53.8 Å². The lowest BCUT2D eigenvalue weighted by molar-refractivity contribution is -0.152. The number of amides is 1. The van der Waals surface area contributed by atoms with Crippen molar-refractivity contribution in [3.05, 3.63) is 137 Å². The molecule has 12 nitrogen and oxygen atoms in total. The number of aliphatic carboxylic acids is 2. The zero-order valence-electron chi connectivity index (χ0n) is 33.4. The lowest BCUT2D eigenvalue weighted by atomic mass is 10.0. The summed E-state index contributed by atoms with van der Waals surface area (Å²) in [7, 11) is 0. The second kappa shape index (κ2) is 22.8. The SMILES string of the molecule is CC(C)c1cc(Oc2c(Br)cc(CC(=O)N[C@@H](CC(=O)O)C(=O)OCc3ccccc3)cc2Br)ccc1O.CC(C)c1cc(Oc2c(Br)cc(CC(=O)O)cc2Br)ccc1O. The summed E-state index contributed by atoms with van der Waals surface area (Å²) >= 11 is 13.8. The molecule has 0 aliphatic heterocycles. The fourth-order valence-corrected chi connectivity index (χ4v) is 8.67. The Labute approximate surface area is 386 Å². The van der Waals surface area contributed by atoms with Crippen molar-refractivity contribution in [3.8, 4) is 34.5 Å². The maximum absolute atomic E-state index is 12.7. The van der Waals surface area contributed by atoms with Gasteiger partial charge in [-0.2, -0.15) is 0 Å². The van der Waals surface area contributed by atoms with E-state index in [9.17, 15) is 34.5 Å². The molecule has 1 amide bonds. The maximum atomic E-state index is 12.7. The molecule has 0 radical (unpaired) electrons. The largest absolute Gasteiger partial charge is 0.508 e. The number of carboxylic acids is 2. The number of aromatic hydroxyl groups is 2. The first kappa shape index (κ1) is 48.8. The van der Waals surface area contributed by atoms with E-state index in [0.29, 0.717) is 52.0 Å². The molecule has 5 N–H and O–H groups in total. The summed E-state index contributed by atoms with van der Waals surface area (Å²) in [5.74, 6) is -0.642. The molecule has 5 rings (SSSR count). The van der Waals surface area contributed by atoms with E-state index in [4.69, 9.17) is 19.3 Å². The van der Waals surface area contributed by atoms with E-state index in [1.54, 1.807) is 84.9 Å². The summed E-state index contributed by atoms with van der Waals surface area (Å²) in [6, 6.07) is 24.5. The third-order valence-electron chi connectivity index (χ3n) is 8.74. The molecule has 1 atom stereocenters. The van der Waals surface area contributed by atoms with Gasteiger partial charge in [0.05, 0.1) is 37.2 Å². The van der Waals surface area contributed by atoms with Crippen LogP contribution in [-0.4, -0.2) is 50.3 Å². The van der Waals surface area contributed by atoms with Gasteiger partial charge in [-0.3, -0.25) is 14.4 Å². The predicted molar refractivity (Wildman–Crippen MR) is 244 cm³/mol. The van der Waals surface area contributed by atoms with E-state index in [0.717, 1.165) is 16.7 Å². The molecule has 5 aromatic rings. The number of carbonyl (C=O) groups excluding carboxylic acids is 2. The van der Waals surface area contributed by atoms with Crippen LogP contribution in [0.4, 0.5) is 0 Å². The van der Waals surface area contributed by atoms with Crippen LogP contribution in [0.5, 0.6) is 34.5 Å². The Balaban J connectivity index is 0.000000303. The number of esters is 1. The van der Waals surface area contributed by atoms with Crippen LogP contribution in [-0.2, 0) is 43.4 Å². The van der Waals surface area contributed by atoms with Crippen molar-refractivity contribution in [2.24, 2.45) is 0 Å². The van der Waals surface area contributed by atoms with Gasteiger partial charge in [0.25, 0.3) is 0 Å². The molecule has 0 saturated heterocycles. The Morgan fingerprint density at radius 2 is 1.03 bits per heavy atom. The van der Waals surface area contributed by atoms with Gasteiger partial charge in [-0.05, 0) is 153 Å². The van der Waals surface area contributed by atoms with Crippen molar-refractivity contribution in [2.45, 2.75) is 71.4 Å². The van der Waals surface area contributed by atoms with Gasteiger partial charge in [-0.25, -0.2) is 4.79 Å². The van der Waals surface area contributed by atoms with E-state index < -0.39 is 36.3 Å². The molecule has 0 aliphatic rings. The van der Waals surface area contributed by atoms with Crippen LogP contribution >= 0.6 is 63.7 Å². The summed E-state index contributed by atoms with van der Waals surface area (Å²) in [5, 5.41) is 40.5. The van der Waals surface area contributed by atoms with Crippen molar-refractivity contribution in [1.82, 2.24) is 5.32 Å². The van der Waals surface area contributed by atoms with Crippen molar-refractivity contribution in [2.75, 3.05) is 0 Å². The van der Waals surface area contributed by atoms with Crippen LogP contribution in [0.25, 0.3) is 0 Å². The minimum absolute atomic E-state index is 0.0350. The Morgan fingerprint density at radius 1 is 0.590 bits per heavy atom. The fourth-order valence-electron chi connectivity index (χ4n) is 5.78. The first-order chi connectivity index (χ1) is 28.8. The molecule has 5 aromatic carbocycles. The number of ether oxygens (including phenoxy) is 3. The lowest BCUT2D eigenvalue weighted by Crippen LogP contribution is -2.43. The second-order valence-electron chi connectivity index (χ2n) is 14.3. The highest BCUT2D eigenvalue weighted by atomic mass is 79.9. The van der Waals surface area contributed by atoms with E-state index in [2.05, 4.69) is 69.0 Å². The summed E-state index contributed by atoms with van der Waals surface area (Å²) in [5.41, 5.74) is 3.55. The zero-order chi connectivity index (χ0) is 45.0. The third kappa shape index (κ3) is 14.9. The summed E-state index contributed by atoms with van der Waals surface area (Å²) in [6.45, 7) is 7.88. The van der Waals surface area contributed by atoms with Crippen LogP contribution in [0.1, 0.15) is 73.8 Å². The average molecular weight is 1090 g/mol. The Bertz CT molecular complexity index is 2320. The Morgan fingerprint density at radius 3 is 1.44 bits per heavy atom. The normalized spacial score (nSPS) is 11.3. The Hall–Kier alpha value is -4.90. The number of hydrogen-bond donors (Lipinski definition) is 5. The van der Waals surface area contributed by atoms with Crippen LogP contribution in [0.3, 0.4) is 0 Å². The maximum Gasteiger partial charge on any atom is 0.329 e. The van der Waals surface area contributed by atoms with Crippen molar-refractivity contribution >= 4 is 87.5 Å². The smallest absolute Gasteiger partial charge is 0.329 e. The van der Waals surface area contributed by atoms with E-state index >= 15 is 0 Å². The zero-order valence-corrected chi connectivity index (χ0v) is 39.7. The molecule has 0 unspecified atom stereocenters. The molecule has 0 fully saturated rings. The van der Waals surface area contributed by atoms with Crippen LogP contribution in [0.2, 0.25) is 0 Å². The Kier molecular flexibility index (Phi) is 18.2. The number of carbonyl (C=O) groups is 4.